The number of likely N-dealkylation sites (N-methyl/N-ethyl adjacent to an activating group) is 1. The third-order valence-electron chi connectivity index (χ3n) is 5.21. The van der Waals surface area contributed by atoms with Crippen molar-refractivity contribution in [2.75, 3.05) is 52.4 Å². The van der Waals surface area contributed by atoms with Gasteiger partial charge in [0, 0.05) is 38.1 Å². The van der Waals surface area contributed by atoms with Gasteiger partial charge in [-0.3, -0.25) is 4.90 Å². The van der Waals surface area contributed by atoms with Crippen LogP contribution in [0.4, 0.5) is 8.78 Å². The van der Waals surface area contributed by atoms with E-state index in [1.165, 1.54) is 0 Å². The van der Waals surface area contributed by atoms with E-state index in [1.54, 1.807) is 0 Å². The van der Waals surface area contributed by atoms with Crippen molar-refractivity contribution in [1.29, 1.82) is 0 Å². The van der Waals surface area contributed by atoms with Crippen LogP contribution in [0, 0.1) is 5.92 Å². The summed E-state index contributed by atoms with van der Waals surface area (Å²) in [5.74, 6) is -2.95. The van der Waals surface area contributed by atoms with Crippen LogP contribution in [0.3, 0.4) is 0 Å². The standard InChI is InChI=1S/C16H31F2N3/c1-4-19-9-11-20(12-10-19)7-5-15-6-8-21(14(2)3)13-16(15,17)18/h14-15H,4-13H2,1-3H3. The highest BCUT2D eigenvalue weighted by atomic mass is 19.3. The van der Waals surface area contributed by atoms with Crippen LogP contribution in [-0.4, -0.2) is 79.0 Å². The van der Waals surface area contributed by atoms with E-state index in [4.69, 9.17) is 0 Å². The molecular weight excluding hydrogens is 272 g/mol. The normalized spacial score (nSPS) is 29.1. The first-order chi connectivity index (χ1) is 9.92. The second kappa shape index (κ2) is 7.34. The van der Waals surface area contributed by atoms with E-state index >= 15 is 0 Å². The van der Waals surface area contributed by atoms with E-state index in [0.29, 0.717) is 12.8 Å². The van der Waals surface area contributed by atoms with Crippen molar-refractivity contribution in [2.24, 2.45) is 5.92 Å². The van der Waals surface area contributed by atoms with Crippen molar-refractivity contribution in [3.63, 3.8) is 0 Å². The summed E-state index contributed by atoms with van der Waals surface area (Å²) in [5.41, 5.74) is 0. The number of alkyl halides is 2. The van der Waals surface area contributed by atoms with Crippen LogP contribution >= 0.6 is 0 Å². The molecule has 0 aromatic heterocycles. The minimum atomic E-state index is -2.52. The van der Waals surface area contributed by atoms with Gasteiger partial charge in [-0.15, -0.1) is 0 Å². The van der Waals surface area contributed by atoms with Crippen molar-refractivity contribution in [1.82, 2.24) is 14.7 Å². The number of nitrogens with zero attached hydrogens (tertiary/aromatic N) is 3. The Balaban J connectivity index is 1.76. The lowest BCUT2D eigenvalue weighted by Gasteiger charge is -2.41. The SMILES string of the molecule is CCN1CCN(CCC2CCN(C(C)C)CC2(F)F)CC1. The van der Waals surface area contributed by atoms with Gasteiger partial charge in [0.2, 0.25) is 0 Å². The van der Waals surface area contributed by atoms with Gasteiger partial charge >= 0.3 is 0 Å². The van der Waals surface area contributed by atoms with Gasteiger partial charge in [0.1, 0.15) is 0 Å². The molecule has 0 aliphatic carbocycles. The zero-order chi connectivity index (χ0) is 15.5. The first-order valence-corrected chi connectivity index (χ1v) is 8.49. The summed E-state index contributed by atoms with van der Waals surface area (Å²) in [6, 6.07) is 0.221. The maximum atomic E-state index is 14.3. The van der Waals surface area contributed by atoms with Crippen molar-refractivity contribution in [3.05, 3.63) is 0 Å². The summed E-state index contributed by atoms with van der Waals surface area (Å²) < 4.78 is 28.6. The monoisotopic (exact) mass is 303 g/mol. The van der Waals surface area contributed by atoms with E-state index in [1.807, 2.05) is 18.7 Å². The zero-order valence-electron chi connectivity index (χ0n) is 13.8. The molecule has 0 amide bonds. The van der Waals surface area contributed by atoms with Crippen LogP contribution in [0.25, 0.3) is 0 Å². The third kappa shape index (κ3) is 4.60. The molecule has 2 aliphatic rings. The van der Waals surface area contributed by atoms with Gasteiger partial charge in [0.15, 0.2) is 0 Å². The molecule has 1 atom stereocenters. The highest BCUT2D eigenvalue weighted by molar-refractivity contribution is 4.88. The van der Waals surface area contributed by atoms with E-state index in [2.05, 4.69) is 16.7 Å². The van der Waals surface area contributed by atoms with Gasteiger partial charge in [-0.25, -0.2) is 8.78 Å². The average molecular weight is 303 g/mol. The van der Waals surface area contributed by atoms with Gasteiger partial charge in [0.05, 0.1) is 6.54 Å². The summed E-state index contributed by atoms with van der Waals surface area (Å²) >= 11 is 0. The maximum absolute atomic E-state index is 14.3. The van der Waals surface area contributed by atoms with Gasteiger partial charge in [-0.2, -0.15) is 0 Å². The van der Waals surface area contributed by atoms with E-state index < -0.39 is 11.8 Å². The molecule has 0 saturated carbocycles. The summed E-state index contributed by atoms with van der Waals surface area (Å²) in [5, 5.41) is 0. The smallest absolute Gasteiger partial charge is 0.263 e. The Kier molecular flexibility index (Phi) is 5.97. The summed E-state index contributed by atoms with van der Waals surface area (Å²) in [6.07, 6.45) is 1.28. The molecule has 1 unspecified atom stereocenters. The van der Waals surface area contributed by atoms with Crippen LogP contribution in [0.1, 0.15) is 33.6 Å². The summed E-state index contributed by atoms with van der Waals surface area (Å²) in [7, 11) is 0. The first kappa shape index (κ1) is 17.1. The molecule has 0 aromatic rings. The Morgan fingerprint density at radius 3 is 2.19 bits per heavy atom. The fourth-order valence-electron chi connectivity index (χ4n) is 3.48. The van der Waals surface area contributed by atoms with Crippen LogP contribution < -0.4 is 0 Å². The van der Waals surface area contributed by atoms with E-state index in [0.717, 1.165) is 45.8 Å². The Hall–Kier alpha value is -0.260. The van der Waals surface area contributed by atoms with Crippen LogP contribution in [0.5, 0.6) is 0 Å². The van der Waals surface area contributed by atoms with Crippen LogP contribution in [0.2, 0.25) is 0 Å². The number of piperidine rings is 1. The van der Waals surface area contributed by atoms with Gasteiger partial charge in [0.25, 0.3) is 5.92 Å². The van der Waals surface area contributed by atoms with Gasteiger partial charge in [-0.1, -0.05) is 6.92 Å². The van der Waals surface area contributed by atoms with Crippen molar-refractivity contribution in [2.45, 2.75) is 45.6 Å². The first-order valence-electron chi connectivity index (χ1n) is 8.49. The average Bonchev–Trinajstić information content (AvgIpc) is 2.45. The Morgan fingerprint density at radius 1 is 1.05 bits per heavy atom. The van der Waals surface area contributed by atoms with Crippen LogP contribution in [-0.2, 0) is 0 Å². The topological polar surface area (TPSA) is 9.72 Å². The van der Waals surface area contributed by atoms with Crippen molar-refractivity contribution >= 4 is 0 Å². The minimum Gasteiger partial charge on any atom is -0.301 e. The second-order valence-corrected chi connectivity index (χ2v) is 6.88. The molecule has 3 nitrogen and oxygen atoms in total. The fourth-order valence-corrected chi connectivity index (χ4v) is 3.48. The Bertz CT molecular complexity index is 315. The quantitative estimate of drug-likeness (QED) is 0.772. The van der Waals surface area contributed by atoms with Crippen molar-refractivity contribution in [3.8, 4) is 0 Å². The summed E-state index contributed by atoms with van der Waals surface area (Å²) in [6.45, 7) is 13.1. The lowest BCUT2D eigenvalue weighted by molar-refractivity contribution is -0.121. The second-order valence-electron chi connectivity index (χ2n) is 6.88. The zero-order valence-corrected chi connectivity index (χ0v) is 13.8. The largest absolute Gasteiger partial charge is 0.301 e. The molecule has 2 aliphatic heterocycles. The molecular formula is C16H31F2N3. The number of piperazine rings is 1. The molecule has 2 rings (SSSR count). The number of rotatable bonds is 5. The molecule has 2 heterocycles. The molecule has 5 heteroatoms. The predicted molar refractivity (Wildman–Crippen MR) is 82.9 cm³/mol. The van der Waals surface area contributed by atoms with Gasteiger partial charge in [-0.05, 0) is 46.3 Å². The maximum Gasteiger partial charge on any atom is 0.263 e. The molecule has 2 fully saturated rings. The number of hydrogen-bond donors (Lipinski definition) is 0. The Labute approximate surface area is 128 Å². The highest BCUT2D eigenvalue weighted by Crippen LogP contribution is 2.35. The molecule has 0 bridgehead atoms. The summed E-state index contributed by atoms with van der Waals surface area (Å²) in [4.78, 5) is 6.69. The molecule has 0 N–H and O–H groups in total. The highest BCUT2D eigenvalue weighted by Gasteiger charge is 2.44. The Morgan fingerprint density at radius 2 is 1.67 bits per heavy atom. The number of likely N-dealkylation sites (tertiary alicyclic amines) is 1. The number of halogens is 2. The molecule has 0 radical (unpaired) electrons. The molecule has 0 aromatic carbocycles. The molecule has 124 valence electrons. The molecule has 21 heavy (non-hydrogen) atoms. The van der Waals surface area contributed by atoms with E-state index in [9.17, 15) is 8.78 Å². The lowest BCUT2D eigenvalue weighted by atomic mass is 9.89. The fraction of sp³-hybridized carbons (Fsp3) is 1.00. The minimum absolute atomic E-state index is 0.0566. The van der Waals surface area contributed by atoms with Crippen molar-refractivity contribution < 1.29 is 8.78 Å². The third-order valence-corrected chi connectivity index (χ3v) is 5.21. The predicted octanol–water partition coefficient (Wildman–Crippen LogP) is 2.38. The molecule has 2 saturated heterocycles. The molecule has 0 spiro atoms. The van der Waals surface area contributed by atoms with Gasteiger partial charge < -0.3 is 9.80 Å². The van der Waals surface area contributed by atoms with Crippen LogP contribution in [0.15, 0.2) is 0 Å². The number of hydrogen-bond acceptors (Lipinski definition) is 3. The lowest BCUT2D eigenvalue weighted by Crippen LogP contribution is -2.52. The van der Waals surface area contributed by atoms with E-state index in [-0.39, 0.29) is 12.6 Å².